The van der Waals surface area contributed by atoms with E-state index in [1.807, 2.05) is 84.1 Å². The fourth-order valence-electron chi connectivity index (χ4n) is 11.3. The molecular formula is C81H153BBrN14O5S. The SMILES string of the molecule is C.C.CC#N.CCCCCCCCCCCCCCCCc1cc(CO)nc(N(C)C)n1.CCCCCCCCCCCCCCCCc1nc(N(C)C)nc(CO)c1Br.CCCCCCCCCCCCCCCCc1nc(N(C)C)nc(CO)c1O.Cc1cc(CO)nc(N(C)C)n1.[B]=NS. The number of nitrogens with zero attached hydrogens (tertiary/aromatic N) is 14. The number of aromatic nitrogens is 8. The summed E-state index contributed by atoms with van der Waals surface area (Å²) in [6.07, 6.45) is 59.8. The summed E-state index contributed by atoms with van der Waals surface area (Å²) in [6, 6.07) is 5.46. The van der Waals surface area contributed by atoms with Gasteiger partial charge in [-0.1, -0.05) is 286 Å². The summed E-state index contributed by atoms with van der Waals surface area (Å²) < 4.78 is 3.57. The Morgan fingerprint density at radius 1 is 0.379 bits per heavy atom. The summed E-state index contributed by atoms with van der Waals surface area (Å²) in [7, 11) is 19.5. The summed E-state index contributed by atoms with van der Waals surface area (Å²) in [6.45, 7) is 9.77. The molecule has 0 saturated heterocycles. The molecule has 0 unspecified atom stereocenters. The van der Waals surface area contributed by atoms with Crippen molar-refractivity contribution in [2.75, 3.05) is 76.0 Å². The van der Waals surface area contributed by atoms with Gasteiger partial charge in [-0.3, -0.25) is 0 Å². The van der Waals surface area contributed by atoms with Crippen molar-refractivity contribution < 1.29 is 25.5 Å². The summed E-state index contributed by atoms with van der Waals surface area (Å²) in [5.41, 5.74) is 5.97. The Labute approximate surface area is 646 Å². The van der Waals surface area contributed by atoms with Crippen LogP contribution in [0.1, 0.15) is 358 Å². The van der Waals surface area contributed by atoms with E-state index in [9.17, 15) is 20.4 Å². The number of aryl methyl sites for hydroxylation is 4. The number of hydrogen-bond donors (Lipinski definition) is 6. The Balaban J connectivity index is -0.000000631. The molecule has 4 aromatic rings. The van der Waals surface area contributed by atoms with Gasteiger partial charge in [0.05, 0.1) is 65.4 Å². The van der Waals surface area contributed by atoms with E-state index in [1.165, 1.54) is 257 Å². The number of halogens is 1. The number of thiol groups is 1. The average Bonchev–Trinajstić information content (AvgIpc) is 0.845. The molecule has 593 valence electrons. The number of nitriles is 1. The van der Waals surface area contributed by atoms with E-state index in [1.54, 1.807) is 17.0 Å². The van der Waals surface area contributed by atoms with Gasteiger partial charge in [-0.25, -0.2) is 39.9 Å². The van der Waals surface area contributed by atoms with Crippen molar-refractivity contribution in [3.8, 4) is 11.8 Å². The van der Waals surface area contributed by atoms with Crippen LogP contribution in [0.2, 0.25) is 0 Å². The number of aliphatic hydroxyl groups excluding tert-OH is 4. The van der Waals surface area contributed by atoms with Crippen molar-refractivity contribution in [3.63, 3.8) is 0 Å². The number of aromatic hydroxyl groups is 1. The van der Waals surface area contributed by atoms with Crippen molar-refractivity contribution in [3.05, 3.63) is 62.2 Å². The summed E-state index contributed by atoms with van der Waals surface area (Å²) in [5.74, 6) is 2.61. The van der Waals surface area contributed by atoms with Gasteiger partial charge in [0, 0.05) is 74.7 Å². The van der Waals surface area contributed by atoms with Gasteiger partial charge in [0.15, 0.2) is 5.75 Å². The van der Waals surface area contributed by atoms with Crippen LogP contribution in [0.15, 0.2) is 20.9 Å². The first-order chi connectivity index (χ1) is 48.8. The predicted octanol–water partition coefficient (Wildman–Crippen LogP) is 21.0. The normalized spacial score (nSPS) is 10.3. The van der Waals surface area contributed by atoms with Crippen molar-refractivity contribution in [2.24, 2.45) is 4.30 Å². The van der Waals surface area contributed by atoms with Crippen molar-refractivity contribution in [2.45, 2.75) is 365 Å². The van der Waals surface area contributed by atoms with Crippen LogP contribution in [0.4, 0.5) is 23.8 Å². The van der Waals surface area contributed by atoms with Crippen molar-refractivity contribution in [1.82, 2.24) is 39.9 Å². The molecule has 0 bridgehead atoms. The van der Waals surface area contributed by atoms with Gasteiger partial charge in [0.2, 0.25) is 23.8 Å². The van der Waals surface area contributed by atoms with Crippen LogP contribution in [0, 0.1) is 18.3 Å². The second-order valence-corrected chi connectivity index (χ2v) is 28.6. The van der Waals surface area contributed by atoms with Gasteiger partial charge in [-0.2, -0.15) is 5.26 Å². The molecule has 0 atom stereocenters. The maximum absolute atomic E-state index is 10.2. The van der Waals surface area contributed by atoms with Crippen molar-refractivity contribution in [1.29, 1.82) is 5.26 Å². The van der Waals surface area contributed by atoms with Crippen molar-refractivity contribution >= 4 is 60.2 Å². The number of hydrogen-bond acceptors (Lipinski definition) is 20. The molecule has 4 aromatic heterocycles. The molecule has 4 heterocycles. The summed E-state index contributed by atoms with van der Waals surface area (Å²) in [5, 5.41) is 54.6. The Morgan fingerprint density at radius 3 is 0.913 bits per heavy atom. The third-order valence-electron chi connectivity index (χ3n) is 17.3. The fraction of sp³-hybridized carbons (Fsp3) is 0.790. The first kappa shape index (κ1) is 105. The molecule has 0 aliphatic carbocycles. The van der Waals surface area contributed by atoms with E-state index in [4.69, 9.17) is 10.4 Å². The second kappa shape index (κ2) is 74.2. The molecular weight excluding hydrogens is 1370 g/mol. The quantitative estimate of drug-likeness (QED) is 0.0136. The molecule has 0 spiro atoms. The van der Waals surface area contributed by atoms with Gasteiger partial charge in [-0.15, -0.1) is 0 Å². The van der Waals surface area contributed by atoms with Gasteiger partial charge in [0.25, 0.3) is 0 Å². The van der Waals surface area contributed by atoms with Crippen LogP contribution in [0.5, 0.6) is 5.75 Å². The van der Waals surface area contributed by atoms with Crippen LogP contribution in [-0.2, 0) is 45.7 Å². The number of anilines is 4. The van der Waals surface area contributed by atoms with Crippen LogP contribution in [0.3, 0.4) is 0 Å². The number of unbranched alkanes of at least 4 members (excludes halogenated alkanes) is 39. The molecule has 0 aliphatic heterocycles. The number of rotatable bonds is 53. The third-order valence-corrected chi connectivity index (χ3v) is 18.2. The van der Waals surface area contributed by atoms with E-state index in [0.717, 1.165) is 60.1 Å². The van der Waals surface area contributed by atoms with Gasteiger partial charge >= 0.3 is 24.8 Å². The molecule has 4 rings (SSSR count). The monoisotopic (exact) mass is 1520 g/mol. The topological polar surface area (TPSA) is 253 Å². The van der Waals surface area contributed by atoms with Gasteiger partial charge < -0.3 is 45.1 Å². The zero-order valence-corrected chi connectivity index (χ0v) is 68.7. The molecule has 1 radical (unpaired) electrons. The Bertz CT molecular complexity index is 2530. The van der Waals surface area contributed by atoms with E-state index >= 15 is 0 Å². The average molecular weight is 1530 g/mol. The molecule has 22 heteroatoms. The van der Waals surface area contributed by atoms with E-state index in [2.05, 4.69) is 101 Å². The van der Waals surface area contributed by atoms with E-state index in [-0.39, 0.29) is 47.0 Å². The first-order valence-electron chi connectivity index (χ1n) is 39.2. The summed E-state index contributed by atoms with van der Waals surface area (Å²) in [4.78, 5) is 42.3. The molecule has 19 nitrogen and oxygen atoms in total. The molecule has 5 N–H and O–H groups in total. The Hall–Kier alpha value is -4.66. The molecule has 0 aliphatic rings. The van der Waals surface area contributed by atoms with E-state index in [0.29, 0.717) is 52.3 Å². The molecule has 0 amide bonds. The maximum atomic E-state index is 10.2. The minimum atomic E-state index is -0.263. The fourth-order valence-corrected chi connectivity index (χ4v) is 11.8. The Morgan fingerprint density at radius 2 is 0.612 bits per heavy atom. The number of aliphatic hydroxyl groups is 4. The minimum absolute atomic E-state index is 0. The second-order valence-electron chi connectivity index (χ2n) is 27.5. The van der Waals surface area contributed by atoms with E-state index < -0.39 is 0 Å². The van der Waals surface area contributed by atoms with Crippen LogP contribution < -0.4 is 19.6 Å². The van der Waals surface area contributed by atoms with Gasteiger partial charge in [0.1, 0.15) is 5.69 Å². The molecule has 0 fully saturated rings. The van der Waals surface area contributed by atoms with Crippen LogP contribution in [0.25, 0.3) is 0 Å². The molecule has 0 aromatic carbocycles. The summed E-state index contributed by atoms with van der Waals surface area (Å²) >= 11 is 6.75. The zero-order valence-electron chi connectivity index (χ0n) is 66.2. The Kier molecular flexibility index (Phi) is 75.4. The molecule has 103 heavy (non-hydrogen) atoms. The third kappa shape index (κ3) is 58.2. The molecule has 0 saturated carbocycles. The standard InChI is InChI=1S/C23H42BrN3O.C23H43N3O2.C23H43N3O.C8H13N3O.C2H3N.2CH4.BHNS/c1-4-5-6-7-8-9-10-11-12-13-14-15-16-17-18-20-22(24)21(19-28)26-23(25-20)27(2)3;1-4-5-6-7-8-9-10-11-12-13-14-15-16-17-18-20-22(28)21(19-27)25-23(24-20)26(2)3;1-4-5-6-7-8-9-10-11-12-13-14-15-16-17-18-21-19-22(20-27)25-23(24-21)26(2)3;1-6-4-7(5-12)10-8(9-6)11(2)3;1-2-3;;;1-2-3/h28H,4-19H2,1-3H3;27-28H,4-19H2,1-3H3;19,27H,4-18,20H2,1-3H3;4,12H,5H2,1-3H3;1H3;2*1H4;3H. The zero-order chi connectivity index (χ0) is 75.5. The van der Waals surface area contributed by atoms with Gasteiger partial charge in [-0.05, 0) is 73.5 Å². The predicted molar refractivity (Wildman–Crippen MR) is 447 cm³/mol. The van der Waals surface area contributed by atoms with Crippen LogP contribution in [-0.4, -0.2) is 129 Å². The first-order valence-corrected chi connectivity index (χ1v) is 40.4. The van der Waals surface area contributed by atoms with Crippen LogP contribution >= 0.6 is 28.7 Å².